The predicted molar refractivity (Wildman–Crippen MR) is 110 cm³/mol. The van der Waals surface area contributed by atoms with Gasteiger partial charge in [-0.25, -0.2) is 4.79 Å². The first kappa shape index (κ1) is 18.2. The van der Waals surface area contributed by atoms with Gasteiger partial charge in [0.05, 0.1) is 36.1 Å². The third-order valence-electron chi connectivity index (χ3n) is 4.99. The van der Waals surface area contributed by atoms with Gasteiger partial charge in [0.2, 0.25) is 0 Å². The summed E-state index contributed by atoms with van der Waals surface area (Å²) in [5.74, 6) is -0.370. The number of hydrogen-bond donors (Lipinski definition) is 1. The van der Waals surface area contributed by atoms with Gasteiger partial charge in [0, 0.05) is 25.1 Å². The molecule has 0 aliphatic carbocycles. The van der Waals surface area contributed by atoms with Crippen LogP contribution in [0.1, 0.15) is 33.8 Å². The number of rotatable bonds is 4. The van der Waals surface area contributed by atoms with Gasteiger partial charge in [-0.3, -0.25) is 4.98 Å². The lowest BCUT2D eigenvalue weighted by Crippen LogP contribution is -2.26. The highest BCUT2D eigenvalue weighted by atomic mass is 32.1. The summed E-state index contributed by atoms with van der Waals surface area (Å²) in [4.78, 5) is 18.8. The van der Waals surface area contributed by atoms with Crippen LogP contribution in [-0.2, 0) is 4.74 Å². The molecule has 28 heavy (non-hydrogen) atoms. The molecule has 7 heteroatoms. The van der Waals surface area contributed by atoms with E-state index in [1.54, 1.807) is 12.3 Å². The molecule has 0 saturated carbocycles. The normalized spacial score (nSPS) is 18.8. The Morgan fingerprint density at radius 1 is 1.14 bits per heavy atom. The van der Waals surface area contributed by atoms with Crippen molar-refractivity contribution < 1.29 is 9.53 Å². The lowest BCUT2D eigenvalue weighted by molar-refractivity contribution is 0.0600. The maximum Gasteiger partial charge on any atom is 0.339 e. The zero-order valence-corrected chi connectivity index (χ0v) is 16.4. The van der Waals surface area contributed by atoms with Crippen molar-refractivity contribution in [3.05, 3.63) is 83.9 Å². The fraction of sp³-hybridized carbons (Fsp3) is 0.190. The summed E-state index contributed by atoms with van der Waals surface area (Å²) in [5.41, 5.74) is 3.18. The summed E-state index contributed by atoms with van der Waals surface area (Å²) in [7, 11) is 3.35. The van der Waals surface area contributed by atoms with Crippen LogP contribution in [0, 0.1) is 0 Å². The molecule has 1 N–H and O–H groups in total. The molecule has 3 heterocycles. The Balaban J connectivity index is 1.83. The lowest BCUT2D eigenvalue weighted by atomic mass is 10.0. The van der Waals surface area contributed by atoms with Crippen molar-refractivity contribution in [2.75, 3.05) is 14.2 Å². The number of nitrogens with zero attached hydrogens (tertiary/aromatic N) is 3. The van der Waals surface area contributed by atoms with Crippen LogP contribution in [0.2, 0.25) is 0 Å². The number of aromatic nitrogens is 2. The minimum Gasteiger partial charge on any atom is -0.465 e. The number of methoxy groups -OCH3 is 1. The van der Waals surface area contributed by atoms with Gasteiger partial charge in [0.25, 0.3) is 0 Å². The van der Waals surface area contributed by atoms with Crippen LogP contribution in [0.15, 0.2) is 67.0 Å². The summed E-state index contributed by atoms with van der Waals surface area (Å²) < 4.78 is 6.98. The van der Waals surface area contributed by atoms with Crippen molar-refractivity contribution in [1.82, 2.24) is 19.8 Å². The molecule has 0 bridgehead atoms. The molecule has 0 unspecified atom stereocenters. The first-order valence-electron chi connectivity index (χ1n) is 8.91. The van der Waals surface area contributed by atoms with E-state index in [0.29, 0.717) is 10.7 Å². The molecule has 1 aliphatic heterocycles. The molecule has 1 fully saturated rings. The van der Waals surface area contributed by atoms with E-state index in [4.69, 9.17) is 17.0 Å². The zero-order valence-electron chi connectivity index (χ0n) is 15.6. The molecule has 1 saturated heterocycles. The summed E-state index contributed by atoms with van der Waals surface area (Å²) >= 11 is 5.52. The highest BCUT2D eigenvalue weighted by molar-refractivity contribution is 7.80. The average molecular weight is 392 g/mol. The number of nitrogens with one attached hydrogen (secondary N) is 1. The van der Waals surface area contributed by atoms with Gasteiger partial charge in [0.15, 0.2) is 5.11 Å². The van der Waals surface area contributed by atoms with E-state index in [9.17, 15) is 4.79 Å². The number of carbonyl (C=O) groups is 1. The number of pyridine rings is 1. The maximum absolute atomic E-state index is 12.3. The first-order valence-corrected chi connectivity index (χ1v) is 9.32. The van der Waals surface area contributed by atoms with Crippen molar-refractivity contribution >= 4 is 23.3 Å². The van der Waals surface area contributed by atoms with Crippen molar-refractivity contribution in [3.8, 4) is 5.69 Å². The number of carbonyl (C=O) groups excluding carboxylic acids is 1. The number of ether oxygens (including phenoxy) is 1. The Morgan fingerprint density at radius 2 is 1.93 bits per heavy atom. The Kier molecular flexibility index (Phi) is 4.83. The molecular formula is C21H20N4O2S. The van der Waals surface area contributed by atoms with E-state index in [-0.39, 0.29) is 18.1 Å². The third-order valence-corrected chi connectivity index (χ3v) is 5.40. The van der Waals surface area contributed by atoms with Crippen LogP contribution >= 0.6 is 12.2 Å². The van der Waals surface area contributed by atoms with Crippen LogP contribution in [0.25, 0.3) is 5.69 Å². The first-order chi connectivity index (χ1) is 13.6. The van der Waals surface area contributed by atoms with Crippen LogP contribution in [-0.4, -0.2) is 39.7 Å². The standard InChI is InChI=1S/C21H20N4O2S/c1-24-19(18(23-21(24)28)15-9-5-6-12-22-15)17-11-7-13-25(17)16-10-4-3-8-14(16)20(26)27-2/h3-13,18-19H,1-2H3,(H,23,28)/t18-,19-/m1/s1. The van der Waals surface area contributed by atoms with Gasteiger partial charge in [0.1, 0.15) is 0 Å². The fourth-order valence-corrected chi connectivity index (χ4v) is 3.89. The Morgan fingerprint density at radius 3 is 2.68 bits per heavy atom. The highest BCUT2D eigenvalue weighted by Gasteiger charge is 2.39. The molecular weight excluding hydrogens is 372 g/mol. The summed E-state index contributed by atoms with van der Waals surface area (Å²) in [6.07, 6.45) is 3.73. The van der Waals surface area contributed by atoms with E-state index in [2.05, 4.69) is 10.3 Å². The molecule has 0 spiro atoms. The monoisotopic (exact) mass is 392 g/mol. The molecule has 142 valence electrons. The summed E-state index contributed by atoms with van der Waals surface area (Å²) in [5, 5.41) is 4.04. The van der Waals surface area contributed by atoms with Crippen molar-refractivity contribution in [1.29, 1.82) is 0 Å². The maximum atomic E-state index is 12.3. The molecule has 3 aromatic rings. The third kappa shape index (κ3) is 3.03. The molecule has 6 nitrogen and oxygen atoms in total. The average Bonchev–Trinajstić information content (AvgIpc) is 3.32. The fourth-order valence-electron chi connectivity index (χ4n) is 3.65. The van der Waals surface area contributed by atoms with Crippen LogP contribution < -0.4 is 5.32 Å². The van der Waals surface area contributed by atoms with Crippen LogP contribution in [0.3, 0.4) is 0 Å². The van der Waals surface area contributed by atoms with E-state index >= 15 is 0 Å². The van der Waals surface area contributed by atoms with E-state index < -0.39 is 0 Å². The molecule has 4 rings (SSSR count). The number of thiocarbonyl (C=S) groups is 1. The molecule has 2 aromatic heterocycles. The van der Waals surface area contributed by atoms with E-state index in [1.807, 2.05) is 71.2 Å². The molecule has 1 aliphatic rings. The second kappa shape index (κ2) is 7.44. The molecule has 2 atom stereocenters. The number of para-hydroxylation sites is 1. The zero-order chi connectivity index (χ0) is 19.7. The predicted octanol–water partition coefficient (Wildman–Crippen LogP) is 3.26. The lowest BCUT2D eigenvalue weighted by Gasteiger charge is -2.26. The Labute approximate surface area is 168 Å². The quantitative estimate of drug-likeness (QED) is 0.543. The number of esters is 1. The van der Waals surface area contributed by atoms with Crippen molar-refractivity contribution in [3.63, 3.8) is 0 Å². The second-order valence-electron chi connectivity index (χ2n) is 6.55. The van der Waals surface area contributed by atoms with Gasteiger partial charge >= 0.3 is 5.97 Å². The van der Waals surface area contributed by atoms with E-state index in [0.717, 1.165) is 17.1 Å². The van der Waals surface area contributed by atoms with Crippen LogP contribution in [0.5, 0.6) is 0 Å². The minimum atomic E-state index is -0.370. The smallest absolute Gasteiger partial charge is 0.339 e. The molecule has 0 radical (unpaired) electrons. The van der Waals surface area contributed by atoms with E-state index in [1.165, 1.54) is 7.11 Å². The highest BCUT2D eigenvalue weighted by Crippen LogP contribution is 2.38. The Bertz CT molecular complexity index is 1020. The molecule has 0 amide bonds. The van der Waals surface area contributed by atoms with Gasteiger partial charge in [-0.15, -0.1) is 0 Å². The van der Waals surface area contributed by atoms with Gasteiger partial charge in [-0.2, -0.15) is 0 Å². The molecule has 1 aromatic carbocycles. The van der Waals surface area contributed by atoms with Gasteiger partial charge in [-0.05, 0) is 48.6 Å². The SMILES string of the molecule is COC(=O)c1ccccc1-n1cccc1[C@@H]1[C@@H](c2ccccn2)NC(=S)N1C. The number of likely N-dealkylation sites (N-methyl/N-ethyl adjacent to an activating group) is 1. The Hall–Kier alpha value is -3.19. The van der Waals surface area contributed by atoms with Gasteiger partial charge in [-0.1, -0.05) is 18.2 Å². The van der Waals surface area contributed by atoms with Crippen LogP contribution in [0.4, 0.5) is 0 Å². The van der Waals surface area contributed by atoms with Crippen molar-refractivity contribution in [2.45, 2.75) is 12.1 Å². The second-order valence-corrected chi connectivity index (χ2v) is 6.94. The number of benzene rings is 1. The minimum absolute atomic E-state index is 0.0805. The van der Waals surface area contributed by atoms with Gasteiger partial charge < -0.3 is 19.5 Å². The summed E-state index contributed by atoms with van der Waals surface area (Å²) in [6.45, 7) is 0. The largest absolute Gasteiger partial charge is 0.465 e. The number of hydrogen-bond acceptors (Lipinski definition) is 4. The van der Waals surface area contributed by atoms with Crippen molar-refractivity contribution in [2.24, 2.45) is 0 Å². The topological polar surface area (TPSA) is 59.4 Å². The summed E-state index contributed by atoms with van der Waals surface area (Å²) in [6, 6.07) is 17.1.